The van der Waals surface area contributed by atoms with Gasteiger partial charge in [-0.25, -0.2) is 13.2 Å². The summed E-state index contributed by atoms with van der Waals surface area (Å²) in [4.78, 5) is 18.5. The van der Waals surface area contributed by atoms with Crippen LogP contribution in [0.15, 0.2) is 29.2 Å². The fraction of sp³-hybridized carbons (Fsp3) is 0.562. The number of likely N-dealkylation sites (N-methyl/N-ethyl adjacent to an activating group) is 1. The summed E-state index contributed by atoms with van der Waals surface area (Å²) in [7, 11) is -3.27. The Bertz CT molecular complexity index is 656. The van der Waals surface area contributed by atoms with Crippen molar-refractivity contribution < 1.29 is 13.2 Å². The van der Waals surface area contributed by atoms with Gasteiger partial charge >= 0.3 is 6.03 Å². The van der Waals surface area contributed by atoms with Crippen LogP contribution >= 0.6 is 0 Å². The van der Waals surface area contributed by atoms with Gasteiger partial charge in [-0.1, -0.05) is 19.9 Å². The zero-order valence-corrected chi connectivity index (χ0v) is 14.8. The van der Waals surface area contributed by atoms with Crippen molar-refractivity contribution in [3.05, 3.63) is 24.3 Å². The quantitative estimate of drug-likeness (QED) is 0.758. The molecule has 0 aliphatic carbocycles. The number of carbonyl (C=O) groups is 1. The van der Waals surface area contributed by atoms with Gasteiger partial charge in [-0.2, -0.15) is 0 Å². The van der Waals surface area contributed by atoms with E-state index in [1.54, 1.807) is 29.2 Å². The van der Waals surface area contributed by atoms with E-state index >= 15 is 0 Å². The molecule has 6 nitrogen and oxygen atoms in total. The normalized spacial score (nSPS) is 15.7. The molecule has 1 aliphatic heterocycles. The topological polar surface area (TPSA) is 60.9 Å². The van der Waals surface area contributed by atoms with Crippen molar-refractivity contribution in [3.63, 3.8) is 0 Å². The van der Waals surface area contributed by atoms with Gasteiger partial charge in [0.05, 0.1) is 4.90 Å². The van der Waals surface area contributed by atoms with E-state index in [4.69, 9.17) is 0 Å². The lowest BCUT2D eigenvalue weighted by Crippen LogP contribution is -2.38. The molecule has 1 aromatic rings. The van der Waals surface area contributed by atoms with E-state index < -0.39 is 9.84 Å². The number of carbonyl (C=O) groups excluding carboxylic acids is 1. The summed E-state index contributed by atoms with van der Waals surface area (Å²) in [6, 6.07) is 6.53. The number of nitrogens with zero attached hydrogens (tertiary/aromatic N) is 3. The second-order valence-electron chi connectivity index (χ2n) is 5.72. The van der Waals surface area contributed by atoms with E-state index in [1.165, 1.54) is 6.26 Å². The molecule has 128 valence electrons. The summed E-state index contributed by atoms with van der Waals surface area (Å²) in [6.07, 6.45) is 1.17. The molecule has 0 atom stereocenters. The zero-order chi connectivity index (χ0) is 17.0. The minimum Gasteiger partial charge on any atom is -0.321 e. The number of hydrogen-bond donors (Lipinski definition) is 0. The summed E-state index contributed by atoms with van der Waals surface area (Å²) in [5.41, 5.74) is 0.642. The highest BCUT2D eigenvalue weighted by Gasteiger charge is 2.29. The molecule has 1 heterocycles. The number of hydrogen-bond acceptors (Lipinski definition) is 4. The van der Waals surface area contributed by atoms with E-state index in [0.29, 0.717) is 25.3 Å². The van der Waals surface area contributed by atoms with Crippen molar-refractivity contribution in [3.8, 4) is 0 Å². The second kappa shape index (κ2) is 7.31. The third-order valence-corrected chi connectivity index (χ3v) is 5.34. The summed E-state index contributed by atoms with van der Waals surface area (Å²) in [6.45, 7) is 8.97. The van der Waals surface area contributed by atoms with Crippen LogP contribution in [0.5, 0.6) is 0 Å². The number of rotatable bonds is 7. The minimum absolute atomic E-state index is 0.0530. The summed E-state index contributed by atoms with van der Waals surface area (Å²) < 4.78 is 23.3. The Kier molecular flexibility index (Phi) is 5.64. The van der Waals surface area contributed by atoms with Crippen molar-refractivity contribution >= 4 is 21.6 Å². The molecular formula is C16H25N3O3S. The summed E-state index contributed by atoms with van der Waals surface area (Å²) in [5, 5.41) is 0. The molecule has 23 heavy (non-hydrogen) atoms. The van der Waals surface area contributed by atoms with Crippen LogP contribution in [0.4, 0.5) is 10.5 Å². The van der Waals surface area contributed by atoms with Crippen molar-refractivity contribution in [2.75, 3.05) is 50.4 Å². The molecule has 1 aliphatic rings. The molecule has 0 N–H and O–H groups in total. The van der Waals surface area contributed by atoms with Crippen LogP contribution in [-0.2, 0) is 9.84 Å². The maximum atomic E-state index is 12.5. The molecule has 1 saturated heterocycles. The Hall–Kier alpha value is -1.60. The molecular weight excluding hydrogens is 314 g/mol. The highest BCUT2D eigenvalue weighted by molar-refractivity contribution is 7.90. The van der Waals surface area contributed by atoms with Crippen LogP contribution in [0.1, 0.15) is 13.8 Å². The standard InChI is InChI=1S/C16H25N3O3S/c1-4-17(5-2)9-10-18-11-12-19(16(18)20)14-7-6-8-15(13-14)23(3,21)22/h6-8,13H,4-5,9-12H2,1-3H3. The number of amides is 2. The fourth-order valence-corrected chi connectivity index (χ4v) is 3.37. The van der Waals surface area contributed by atoms with Crippen LogP contribution < -0.4 is 4.90 Å². The van der Waals surface area contributed by atoms with E-state index in [-0.39, 0.29) is 10.9 Å². The van der Waals surface area contributed by atoms with Gasteiger partial charge in [0, 0.05) is 38.1 Å². The lowest BCUT2D eigenvalue weighted by Gasteiger charge is -2.23. The fourth-order valence-electron chi connectivity index (χ4n) is 2.71. The molecule has 0 unspecified atom stereocenters. The van der Waals surface area contributed by atoms with Crippen LogP contribution in [0.2, 0.25) is 0 Å². The zero-order valence-electron chi connectivity index (χ0n) is 14.0. The summed E-state index contributed by atoms with van der Waals surface area (Å²) in [5.74, 6) is 0. The Morgan fingerprint density at radius 3 is 2.48 bits per heavy atom. The molecule has 0 radical (unpaired) electrons. The van der Waals surface area contributed by atoms with Gasteiger partial charge < -0.3 is 9.80 Å². The molecule has 0 bridgehead atoms. The lowest BCUT2D eigenvalue weighted by atomic mass is 10.3. The number of benzene rings is 1. The first kappa shape index (κ1) is 17.7. The van der Waals surface area contributed by atoms with Crippen LogP contribution in [-0.4, -0.2) is 69.8 Å². The number of urea groups is 1. The first-order valence-corrected chi connectivity index (χ1v) is 9.85. The SMILES string of the molecule is CCN(CC)CCN1CCN(c2cccc(S(C)(=O)=O)c2)C1=O. The first-order valence-electron chi connectivity index (χ1n) is 7.95. The van der Waals surface area contributed by atoms with Gasteiger partial charge in [0.15, 0.2) is 9.84 Å². The summed E-state index contributed by atoms with van der Waals surface area (Å²) >= 11 is 0. The molecule has 0 spiro atoms. The average Bonchev–Trinajstić information content (AvgIpc) is 2.89. The molecule has 7 heteroatoms. The van der Waals surface area contributed by atoms with E-state index in [9.17, 15) is 13.2 Å². The van der Waals surface area contributed by atoms with Crippen molar-refractivity contribution in [2.24, 2.45) is 0 Å². The average molecular weight is 339 g/mol. The monoisotopic (exact) mass is 339 g/mol. The van der Waals surface area contributed by atoms with Crippen LogP contribution in [0, 0.1) is 0 Å². The first-order chi connectivity index (χ1) is 10.9. The molecule has 2 amide bonds. The van der Waals surface area contributed by atoms with Crippen LogP contribution in [0.3, 0.4) is 0 Å². The molecule has 0 saturated carbocycles. The van der Waals surface area contributed by atoms with Gasteiger partial charge in [0.2, 0.25) is 0 Å². The Balaban J connectivity index is 2.07. The van der Waals surface area contributed by atoms with E-state index in [0.717, 1.165) is 19.6 Å². The van der Waals surface area contributed by atoms with Gasteiger partial charge in [-0.15, -0.1) is 0 Å². The molecule has 1 aromatic carbocycles. The van der Waals surface area contributed by atoms with Crippen molar-refractivity contribution in [1.29, 1.82) is 0 Å². The largest absolute Gasteiger partial charge is 0.324 e. The number of sulfone groups is 1. The second-order valence-corrected chi connectivity index (χ2v) is 7.73. The molecule has 0 aromatic heterocycles. The van der Waals surface area contributed by atoms with Crippen LogP contribution in [0.25, 0.3) is 0 Å². The molecule has 1 fully saturated rings. The Morgan fingerprint density at radius 1 is 1.17 bits per heavy atom. The van der Waals surface area contributed by atoms with E-state index in [1.807, 2.05) is 4.90 Å². The smallest absolute Gasteiger partial charge is 0.321 e. The van der Waals surface area contributed by atoms with Gasteiger partial charge in [0.25, 0.3) is 0 Å². The predicted octanol–water partition coefficient (Wildman–Crippen LogP) is 1.67. The predicted molar refractivity (Wildman–Crippen MR) is 91.7 cm³/mol. The van der Waals surface area contributed by atoms with Gasteiger partial charge in [0.1, 0.15) is 0 Å². The van der Waals surface area contributed by atoms with Crippen molar-refractivity contribution in [1.82, 2.24) is 9.80 Å². The van der Waals surface area contributed by atoms with Gasteiger partial charge in [-0.05, 0) is 31.3 Å². The lowest BCUT2D eigenvalue weighted by molar-refractivity contribution is 0.207. The minimum atomic E-state index is -3.27. The number of anilines is 1. The highest BCUT2D eigenvalue weighted by atomic mass is 32.2. The highest BCUT2D eigenvalue weighted by Crippen LogP contribution is 2.23. The maximum Gasteiger partial charge on any atom is 0.324 e. The Labute approximate surface area is 138 Å². The molecule has 2 rings (SSSR count). The van der Waals surface area contributed by atoms with E-state index in [2.05, 4.69) is 18.7 Å². The van der Waals surface area contributed by atoms with Gasteiger partial charge in [-0.3, -0.25) is 4.90 Å². The third-order valence-electron chi connectivity index (χ3n) is 4.23. The Morgan fingerprint density at radius 2 is 1.87 bits per heavy atom. The maximum absolute atomic E-state index is 12.5. The third kappa shape index (κ3) is 4.23. The van der Waals surface area contributed by atoms with Crippen molar-refractivity contribution in [2.45, 2.75) is 18.7 Å².